The lowest BCUT2D eigenvalue weighted by Crippen LogP contribution is -2.28. The van der Waals surface area contributed by atoms with E-state index in [9.17, 15) is 9.59 Å². The van der Waals surface area contributed by atoms with Crippen molar-refractivity contribution in [3.63, 3.8) is 0 Å². The smallest absolute Gasteiger partial charge is 0.343 e. The Kier molecular flexibility index (Phi) is 6.37. The van der Waals surface area contributed by atoms with E-state index in [4.69, 9.17) is 25.8 Å². The number of fused-ring (bicyclic) bond motifs is 3. The first-order chi connectivity index (χ1) is 15.3. The Labute approximate surface area is 193 Å². The van der Waals surface area contributed by atoms with Gasteiger partial charge in [0.05, 0.1) is 30.5 Å². The van der Waals surface area contributed by atoms with Crippen molar-refractivity contribution < 1.29 is 19.0 Å². The van der Waals surface area contributed by atoms with Crippen molar-refractivity contribution in [3.05, 3.63) is 50.8 Å². The van der Waals surface area contributed by atoms with Gasteiger partial charge in [-0.05, 0) is 49.8 Å². The Hall–Kier alpha value is -2.31. The maximum Gasteiger partial charge on any atom is 0.343 e. The van der Waals surface area contributed by atoms with Crippen LogP contribution in [0.5, 0.6) is 5.75 Å². The van der Waals surface area contributed by atoms with E-state index in [-0.39, 0.29) is 35.0 Å². The fraction of sp³-hybridized carbons (Fsp3) is 0.520. The molecular weight excluding hydrogens is 430 g/mol. The van der Waals surface area contributed by atoms with E-state index >= 15 is 0 Å². The van der Waals surface area contributed by atoms with Gasteiger partial charge in [-0.25, -0.2) is 4.79 Å². The highest BCUT2D eigenvalue weighted by Gasteiger charge is 2.43. The fourth-order valence-electron chi connectivity index (χ4n) is 4.44. The molecule has 2 aromatic rings. The van der Waals surface area contributed by atoms with Crippen LogP contribution in [0.2, 0.25) is 5.02 Å². The third-order valence-electron chi connectivity index (χ3n) is 6.51. The molecule has 1 aliphatic heterocycles. The molecule has 32 heavy (non-hydrogen) atoms. The van der Waals surface area contributed by atoms with Crippen molar-refractivity contribution in [2.45, 2.75) is 46.1 Å². The van der Waals surface area contributed by atoms with Crippen LogP contribution >= 0.6 is 11.6 Å². The van der Waals surface area contributed by atoms with Gasteiger partial charge in [0, 0.05) is 36.4 Å². The summed E-state index contributed by atoms with van der Waals surface area (Å²) in [6.45, 7) is 7.48. The summed E-state index contributed by atoms with van der Waals surface area (Å²) in [5.74, 6) is 0.359. The summed E-state index contributed by atoms with van der Waals surface area (Å²) in [6.07, 6.45) is 4.58. The molecule has 2 aliphatic rings. The number of methoxy groups -OCH3 is 1. The number of ether oxygens (including phenoxy) is 3. The second-order valence-corrected chi connectivity index (χ2v) is 9.65. The molecule has 1 atom stereocenters. The number of nitrogens with zero attached hydrogens (tertiary/aromatic N) is 1. The third kappa shape index (κ3) is 4.30. The second kappa shape index (κ2) is 8.91. The highest BCUT2D eigenvalue weighted by atomic mass is 35.5. The van der Waals surface area contributed by atoms with Gasteiger partial charge < -0.3 is 18.8 Å². The van der Waals surface area contributed by atoms with E-state index in [1.165, 1.54) is 6.07 Å². The molecule has 1 aromatic carbocycles. The van der Waals surface area contributed by atoms with Gasteiger partial charge in [0.2, 0.25) is 0 Å². The lowest BCUT2D eigenvalue weighted by atomic mass is 9.87. The van der Waals surface area contributed by atoms with E-state index in [1.54, 1.807) is 20.2 Å². The van der Waals surface area contributed by atoms with Gasteiger partial charge >= 0.3 is 5.97 Å². The van der Waals surface area contributed by atoms with Gasteiger partial charge in [0.15, 0.2) is 5.43 Å². The lowest BCUT2D eigenvalue weighted by Gasteiger charge is -2.33. The molecule has 0 spiro atoms. The predicted molar refractivity (Wildman–Crippen MR) is 124 cm³/mol. The molecule has 4 rings (SSSR count). The minimum atomic E-state index is -0.590. The molecule has 1 aromatic heterocycles. The van der Waals surface area contributed by atoms with Crippen molar-refractivity contribution in [1.82, 2.24) is 4.57 Å². The Balaban J connectivity index is 1.72. The number of aromatic nitrogens is 1. The van der Waals surface area contributed by atoms with Crippen LogP contribution in [0.15, 0.2) is 29.2 Å². The fourth-order valence-corrected chi connectivity index (χ4v) is 4.66. The van der Waals surface area contributed by atoms with Crippen LogP contribution in [0, 0.1) is 11.3 Å². The van der Waals surface area contributed by atoms with Crippen molar-refractivity contribution in [3.8, 4) is 17.0 Å². The molecule has 7 heteroatoms. The summed E-state index contributed by atoms with van der Waals surface area (Å²) < 4.78 is 18.6. The molecule has 1 saturated carbocycles. The highest BCUT2D eigenvalue weighted by molar-refractivity contribution is 6.32. The van der Waals surface area contributed by atoms with Gasteiger partial charge in [0.1, 0.15) is 11.3 Å². The van der Waals surface area contributed by atoms with E-state index in [2.05, 4.69) is 13.8 Å². The third-order valence-corrected chi connectivity index (χ3v) is 6.80. The standard InChI is InChI=1S/C25H30ClNO5/c1-5-31-24(29)18-12-27-20(15(2)3)8-16-9-23(32-14-25(6-7-25)13-30-4)19(26)10-17(16)21(27)11-22(18)28/h9-12,15,20H,5-8,13-14H2,1-4H3. The van der Waals surface area contributed by atoms with Crippen molar-refractivity contribution in [2.24, 2.45) is 11.3 Å². The quantitative estimate of drug-likeness (QED) is 0.525. The number of halogens is 1. The first-order valence-corrected chi connectivity index (χ1v) is 11.5. The summed E-state index contributed by atoms with van der Waals surface area (Å²) in [6, 6.07) is 5.48. The molecule has 0 N–H and O–H groups in total. The van der Waals surface area contributed by atoms with Gasteiger partial charge in [-0.15, -0.1) is 0 Å². The van der Waals surface area contributed by atoms with Crippen LogP contribution in [0.25, 0.3) is 11.3 Å². The molecule has 172 valence electrons. The number of rotatable bonds is 8. The average molecular weight is 460 g/mol. The number of esters is 1. The van der Waals surface area contributed by atoms with Crippen LogP contribution in [0.3, 0.4) is 0 Å². The normalized spacial score (nSPS) is 18.1. The first kappa shape index (κ1) is 22.9. The van der Waals surface area contributed by atoms with Gasteiger partial charge in [-0.1, -0.05) is 25.4 Å². The number of carbonyl (C=O) groups is 1. The van der Waals surface area contributed by atoms with Crippen LogP contribution in [-0.4, -0.2) is 37.5 Å². The van der Waals surface area contributed by atoms with E-state index in [0.29, 0.717) is 24.0 Å². The van der Waals surface area contributed by atoms with E-state index < -0.39 is 5.97 Å². The predicted octanol–water partition coefficient (Wildman–Crippen LogP) is 4.90. The van der Waals surface area contributed by atoms with Crippen molar-refractivity contribution in [1.29, 1.82) is 0 Å². The summed E-state index contributed by atoms with van der Waals surface area (Å²) in [4.78, 5) is 25.0. The summed E-state index contributed by atoms with van der Waals surface area (Å²) in [5.41, 5.74) is 2.54. The summed E-state index contributed by atoms with van der Waals surface area (Å²) in [5, 5.41) is 0.508. The molecule has 1 aliphatic carbocycles. The van der Waals surface area contributed by atoms with E-state index in [1.807, 2.05) is 16.7 Å². The van der Waals surface area contributed by atoms with Crippen molar-refractivity contribution >= 4 is 17.6 Å². The second-order valence-electron chi connectivity index (χ2n) is 9.24. The van der Waals surface area contributed by atoms with Crippen molar-refractivity contribution in [2.75, 3.05) is 26.9 Å². The molecule has 1 fully saturated rings. The van der Waals surface area contributed by atoms with Crippen LogP contribution in [-0.2, 0) is 15.9 Å². The Morgan fingerprint density at radius 3 is 2.62 bits per heavy atom. The highest BCUT2D eigenvalue weighted by Crippen LogP contribution is 2.47. The molecule has 0 radical (unpaired) electrons. The minimum absolute atomic E-state index is 0.0589. The number of hydrogen-bond acceptors (Lipinski definition) is 5. The van der Waals surface area contributed by atoms with Gasteiger partial charge in [-0.2, -0.15) is 0 Å². The number of carbonyl (C=O) groups excluding carboxylic acids is 1. The number of benzene rings is 1. The Morgan fingerprint density at radius 1 is 1.25 bits per heavy atom. The maximum atomic E-state index is 12.7. The topological polar surface area (TPSA) is 66.8 Å². The number of hydrogen-bond donors (Lipinski definition) is 0. The zero-order valence-electron chi connectivity index (χ0n) is 19.1. The average Bonchev–Trinajstić information content (AvgIpc) is 3.51. The molecule has 0 amide bonds. The molecule has 0 bridgehead atoms. The SMILES string of the molecule is CCOC(=O)c1cn2c(cc1=O)-c1cc(Cl)c(OCC3(COC)CC3)cc1CC2C(C)C. The monoisotopic (exact) mass is 459 g/mol. The van der Waals surface area contributed by atoms with Crippen LogP contribution in [0.4, 0.5) is 0 Å². The Bertz CT molecular complexity index is 1090. The molecule has 2 heterocycles. The summed E-state index contributed by atoms with van der Waals surface area (Å²) in [7, 11) is 1.71. The maximum absolute atomic E-state index is 12.7. The van der Waals surface area contributed by atoms with E-state index in [0.717, 1.165) is 36.1 Å². The largest absolute Gasteiger partial charge is 0.491 e. The van der Waals surface area contributed by atoms with Crippen LogP contribution < -0.4 is 10.2 Å². The molecule has 0 saturated heterocycles. The lowest BCUT2D eigenvalue weighted by molar-refractivity contribution is 0.0523. The van der Waals surface area contributed by atoms with Crippen LogP contribution in [0.1, 0.15) is 55.6 Å². The zero-order valence-corrected chi connectivity index (χ0v) is 19.8. The first-order valence-electron chi connectivity index (χ1n) is 11.2. The summed E-state index contributed by atoms with van der Waals surface area (Å²) >= 11 is 6.60. The molecule has 6 nitrogen and oxygen atoms in total. The van der Waals surface area contributed by atoms with Gasteiger partial charge in [0.25, 0.3) is 0 Å². The Morgan fingerprint density at radius 2 is 2.00 bits per heavy atom. The minimum Gasteiger partial charge on any atom is -0.491 e. The molecule has 1 unspecified atom stereocenters. The zero-order chi connectivity index (χ0) is 23.0. The number of pyridine rings is 1. The molecular formula is C25H30ClNO5. The van der Waals surface area contributed by atoms with Gasteiger partial charge in [-0.3, -0.25) is 4.79 Å².